The summed E-state index contributed by atoms with van der Waals surface area (Å²) in [4.78, 5) is 23.4. The molecule has 7 nitrogen and oxygen atoms in total. The SMILES string of the molecule is Nc1ccc(N)cc1.O=C(Nc1ccccc1)c1ccc2cc(O)c(C(=O)O)cc2c1. The number of fused-ring (bicyclic) bond motifs is 1. The number of carbonyl (C=O) groups excluding carboxylic acids is 1. The number of nitrogens with one attached hydrogen (secondary N) is 1. The second kappa shape index (κ2) is 9.32. The number of aromatic carboxylic acids is 1. The highest BCUT2D eigenvalue weighted by molar-refractivity contribution is 6.07. The van der Waals surface area contributed by atoms with Crippen LogP contribution in [0.15, 0.2) is 84.9 Å². The van der Waals surface area contributed by atoms with Crippen LogP contribution in [-0.2, 0) is 0 Å². The second-order valence-corrected chi connectivity index (χ2v) is 6.72. The number of hydrogen-bond donors (Lipinski definition) is 5. The quantitative estimate of drug-likeness (QED) is 0.315. The van der Waals surface area contributed by atoms with E-state index in [1.807, 2.05) is 18.2 Å². The molecule has 7 N–H and O–H groups in total. The van der Waals surface area contributed by atoms with Gasteiger partial charge < -0.3 is 27.0 Å². The van der Waals surface area contributed by atoms with Crippen molar-refractivity contribution in [2.75, 3.05) is 16.8 Å². The number of aromatic hydroxyl groups is 1. The molecule has 4 aromatic carbocycles. The molecule has 4 rings (SSSR count). The number of carboxylic acid groups (broad SMARTS) is 1. The Kier molecular flexibility index (Phi) is 6.37. The van der Waals surface area contributed by atoms with Crippen LogP contribution in [0.1, 0.15) is 20.7 Å². The monoisotopic (exact) mass is 415 g/mol. The molecule has 0 saturated heterocycles. The molecular weight excluding hydrogens is 394 g/mol. The maximum atomic E-state index is 12.3. The lowest BCUT2D eigenvalue weighted by Crippen LogP contribution is -2.11. The molecule has 4 aromatic rings. The first-order valence-corrected chi connectivity index (χ1v) is 9.31. The van der Waals surface area contributed by atoms with Crippen molar-refractivity contribution in [3.8, 4) is 5.75 Å². The zero-order valence-electron chi connectivity index (χ0n) is 16.4. The zero-order chi connectivity index (χ0) is 22.4. The number of phenols is 1. The van der Waals surface area contributed by atoms with Gasteiger partial charge in [-0.1, -0.05) is 24.3 Å². The first kappa shape index (κ1) is 21.2. The summed E-state index contributed by atoms with van der Waals surface area (Å²) >= 11 is 0. The van der Waals surface area contributed by atoms with E-state index in [1.54, 1.807) is 54.6 Å². The summed E-state index contributed by atoms with van der Waals surface area (Å²) in [5, 5.41) is 22.7. The van der Waals surface area contributed by atoms with Gasteiger partial charge in [-0.2, -0.15) is 0 Å². The van der Waals surface area contributed by atoms with E-state index in [2.05, 4.69) is 5.32 Å². The summed E-state index contributed by atoms with van der Waals surface area (Å²) in [6.45, 7) is 0. The standard InChI is InChI=1S/C18H13NO4.C6H8N2/c20-16-10-11-6-7-12(8-13(11)9-15(16)18(22)23)17(21)19-14-4-2-1-3-5-14;7-5-1-2-6(8)4-3-5/h1-10,20H,(H,19,21)(H,22,23);1-4H,7-8H2. The molecule has 0 aromatic heterocycles. The number of benzene rings is 4. The third-order valence-corrected chi connectivity index (χ3v) is 4.42. The fourth-order valence-electron chi connectivity index (χ4n) is 2.82. The Balaban J connectivity index is 0.000000287. The maximum absolute atomic E-state index is 12.3. The molecule has 0 aliphatic rings. The average molecular weight is 415 g/mol. The van der Waals surface area contributed by atoms with Crippen molar-refractivity contribution in [3.05, 3.63) is 96.1 Å². The molecule has 0 fully saturated rings. The van der Waals surface area contributed by atoms with Crippen molar-refractivity contribution in [2.45, 2.75) is 0 Å². The summed E-state index contributed by atoms with van der Waals surface area (Å²) in [6.07, 6.45) is 0. The third kappa shape index (κ3) is 5.51. The Hall–Kier alpha value is -4.52. The minimum atomic E-state index is -1.22. The van der Waals surface area contributed by atoms with Crippen LogP contribution in [0, 0.1) is 0 Å². The van der Waals surface area contributed by atoms with Gasteiger partial charge in [-0.3, -0.25) is 4.79 Å². The lowest BCUT2D eigenvalue weighted by atomic mass is 10.0. The number of nitrogen functional groups attached to an aromatic ring is 2. The van der Waals surface area contributed by atoms with Crippen LogP contribution < -0.4 is 16.8 Å². The first-order valence-electron chi connectivity index (χ1n) is 9.31. The number of carbonyl (C=O) groups is 2. The number of para-hydroxylation sites is 1. The van der Waals surface area contributed by atoms with Gasteiger partial charge >= 0.3 is 5.97 Å². The van der Waals surface area contributed by atoms with Gasteiger partial charge in [-0.25, -0.2) is 4.79 Å². The molecule has 0 radical (unpaired) electrons. The van der Waals surface area contributed by atoms with Gasteiger partial charge in [0.1, 0.15) is 11.3 Å². The molecule has 0 aliphatic heterocycles. The minimum Gasteiger partial charge on any atom is -0.507 e. The van der Waals surface area contributed by atoms with Crippen LogP contribution in [0.3, 0.4) is 0 Å². The highest BCUT2D eigenvalue weighted by Gasteiger charge is 2.13. The number of nitrogens with two attached hydrogens (primary N) is 2. The minimum absolute atomic E-state index is 0.196. The van der Waals surface area contributed by atoms with Gasteiger partial charge in [0.15, 0.2) is 0 Å². The molecule has 0 saturated carbocycles. The van der Waals surface area contributed by atoms with Gasteiger partial charge in [0, 0.05) is 22.6 Å². The van der Waals surface area contributed by atoms with E-state index < -0.39 is 5.97 Å². The lowest BCUT2D eigenvalue weighted by molar-refractivity contribution is 0.0693. The summed E-state index contributed by atoms with van der Waals surface area (Å²) < 4.78 is 0. The van der Waals surface area contributed by atoms with Crippen molar-refractivity contribution in [1.82, 2.24) is 0 Å². The normalized spacial score (nSPS) is 10.1. The summed E-state index contributed by atoms with van der Waals surface area (Å²) in [5.74, 6) is -1.81. The molecule has 0 bridgehead atoms. The number of carboxylic acids is 1. The Morgan fingerprint density at radius 1 is 0.742 bits per heavy atom. The van der Waals surface area contributed by atoms with Crippen LogP contribution in [0.5, 0.6) is 5.75 Å². The fraction of sp³-hybridized carbons (Fsp3) is 0. The van der Waals surface area contributed by atoms with Crippen molar-refractivity contribution in [3.63, 3.8) is 0 Å². The maximum Gasteiger partial charge on any atom is 0.339 e. The van der Waals surface area contributed by atoms with E-state index in [0.29, 0.717) is 22.0 Å². The Labute approximate surface area is 178 Å². The van der Waals surface area contributed by atoms with Crippen molar-refractivity contribution in [1.29, 1.82) is 0 Å². The van der Waals surface area contributed by atoms with Crippen LogP contribution >= 0.6 is 0 Å². The van der Waals surface area contributed by atoms with Crippen LogP contribution in [0.4, 0.5) is 17.1 Å². The highest BCUT2D eigenvalue weighted by atomic mass is 16.4. The number of anilines is 3. The Morgan fingerprint density at radius 3 is 1.94 bits per heavy atom. The van der Waals surface area contributed by atoms with Crippen molar-refractivity contribution < 1.29 is 19.8 Å². The second-order valence-electron chi connectivity index (χ2n) is 6.72. The van der Waals surface area contributed by atoms with Crippen molar-refractivity contribution in [2.24, 2.45) is 0 Å². The molecular formula is C24H21N3O4. The van der Waals surface area contributed by atoms with E-state index >= 15 is 0 Å². The molecule has 156 valence electrons. The lowest BCUT2D eigenvalue weighted by Gasteiger charge is -2.07. The molecule has 31 heavy (non-hydrogen) atoms. The van der Waals surface area contributed by atoms with Crippen molar-refractivity contribution >= 4 is 39.7 Å². The number of hydrogen-bond acceptors (Lipinski definition) is 5. The average Bonchev–Trinajstić information content (AvgIpc) is 2.76. The smallest absolute Gasteiger partial charge is 0.339 e. The fourth-order valence-corrected chi connectivity index (χ4v) is 2.82. The first-order chi connectivity index (χ1) is 14.8. The van der Waals surface area contributed by atoms with Crippen LogP contribution in [0.25, 0.3) is 10.8 Å². The largest absolute Gasteiger partial charge is 0.507 e. The number of amides is 1. The molecule has 7 heteroatoms. The van der Waals surface area contributed by atoms with Crippen LogP contribution in [-0.4, -0.2) is 22.1 Å². The van der Waals surface area contributed by atoms with Gasteiger partial charge in [0.25, 0.3) is 5.91 Å². The highest BCUT2D eigenvalue weighted by Crippen LogP contribution is 2.26. The summed E-state index contributed by atoms with van der Waals surface area (Å²) in [5.41, 5.74) is 13.1. The Morgan fingerprint density at radius 2 is 1.35 bits per heavy atom. The molecule has 0 atom stereocenters. The molecule has 0 aliphatic carbocycles. The van der Waals surface area contributed by atoms with Gasteiger partial charge in [0.05, 0.1) is 0 Å². The third-order valence-electron chi connectivity index (χ3n) is 4.42. The van der Waals surface area contributed by atoms with Gasteiger partial charge in [-0.15, -0.1) is 0 Å². The molecule has 0 heterocycles. The molecule has 1 amide bonds. The topological polar surface area (TPSA) is 139 Å². The van der Waals surface area contributed by atoms with E-state index in [4.69, 9.17) is 16.6 Å². The van der Waals surface area contributed by atoms with Crippen LogP contribution in [0.2, 0.25) is 0 Å². The van der Waals surface area contributed by atoms with Gasteiger partial charge in [0.2, 0.25) is 0 Å². The predicted molar refractivity (Wildman–Crippen MR) is 122 cm³/mol. The predicted octanol–water partition coefficient (Wildman–Crippen LogP) is 4.35. The summed E-state index contributed by atoms with van der Waals surface area (Å²) in [7, 11) is 0. The van der Waals surface area contributed by atoms with E-state index in [0.717, 1.165) is 11.4 Å². The zero-order valence-corrected chi connectivity index (χ0v) is 16.4. The molecule has 0 unspecified atom stereocenters. The Bertz CT molecular complexity index is 1200. The van der Waals surface area contributed by atoms with E-state index in [1.165, 1.54) is 12.1 Å². The molecule has 0 spiro atoms. The summed E-state index contributed by atoms with van der Waals surface area (Å²) in [6, 6.07) is 23.8. The van der Waals surface area contributed by atoms with E-state index in [9.17, 15) is 14.7 Å². The van der Waals surface area contributed by atoms with E-state index in [-0.39, 0.29) is 17.2 Å². The van der Waals surface area contributed by atoms with Gasteiger partial charge in [-0.05, 0) is 71.4 Å². The number of rotatable bonds is 3.